The minimum atomic E-state index is -3.79. The van der Waals surface area contributed by atoms with Gasteiger partial charge in [-0.1, -0.05) is 35.9 Å². The number of benzene rings is 2. The van der Waals surface area contributed by atoms with Crippen LogP contribution in [-0.2, 0) is 16.4 Å². The van der Waals surface area contributed by atoms with E-state index in [0.29, 0.717) is 36.5 Å². The molecule has 0 unspecified atom stereocenters. The maximum atomic E-state index is 13.4. The van der Waals surface area contributed by atoms with Gasteiger partial charge in [0.15, 0.2) is 5.78 Å². The van der Waals surface area contributed by atoms with E-state index < -0.39 is 10.0 Å². The van der Waals surface area contributed by atoms with Gasteiger partial charge in [-0.15, -0.1) is 0 Å². The average molecular weight is 395 g/mol. The first-order chi connectivity index (χ1) is 13.4. The van der Waals surface area contributed by atoms with Crippen LogP contribution in [0.25, 0.3) is 5.69 Å². The van der Waals surface area contributed by atoms with E-state index >= 15 is 0 Å². The van der Waals surface area contributed by atoms with Crippen LogP contribution in [0, 0.1) is 6.92 Å². The normalized spacial score (nSPS) is 14.0. The first-order valence-corrected chi connectivity index (χ1v) is 10.6. The Kier molecular flexibility index (Phi) is 4.55. The van der Waals surface area contributed by atoms with Gasteiger partial charge in [-0.3, -0.25) is 9.10 Å². The molecule has 144 valence electrons. The second-order valence-corrected chi connectivity index (χ2v) is 8.80. The minimum Gasteiger partial charge on any atom is -0.293 e. The van der Waals surface area contributed by atoms with E-state index in [1.54, 1.807) is 28.9 Å². The van der Waals surface area contributed by atoms with Crippen LogP contribution in [0.3, 0.4) is 0 Å². The fraction of sp³-hybridized carbons (Fsp3) is 0.238. The Morgan fingerprint density at radius 3 is 2.36 bits per heavy atom. The van der Waals surface area contributed by atoms with Crippen molar-refractivity contribution in [3.05, 3.63) is 71.5 Å². The van der Waals surface area contributed by atoms with Gasteiger partial charge in [0.2, 0.25) is 0 Å². The smallest absolute Gasteiger partial charge is 0.264 e. The van der Waals surface area contributed by atoms with Crippen LogP contribution in [0.1, 0.15) is 35.1 Å². The summed E-state index contributed by atoms with van der Waals surface area (Å²) in [5.41, 5.74) is 3.06. The molecule has 0 atom stereocenters. The van der Waals surface area contributed by atoms with Gasteiger partial charge in [-0.25, -0.2) is 13.1 Å². The van der Waals surface area contributed by atoms with E-state index in [4.69, 9.17) is 0 Å². The van der Waals surface area contributed by atoms with E-state index in [0.717, 1.165) is 11.3 Å². The lowest BCUT2D eigenvalue weighted by Gasteiger charge is -2.28. The Morgan fingerprint density at radius 1 is 1.04 bits per heavy atom. The molecule has 1 aliphatic heterocycles. The molecule has 0 N–H and O–H groups in total. The molecule has 28 heavy (non-hydrogen) atoms. The molecule has 2 aromatic carbocycles. The summed E-state index contributed by atoms with van der Waals surface area (Å²) in [7, 11) is -3.79. The lowest BCUT2D eigenvalue weighted by molar-refractivity contribution is 0.101. The maximum Gasteiger partial charge on any atom is 0.264 e. The summed E-state index contributed by atoms with van der Waals surface area (Å²) >= 11 is 0. The number of ketones is 1. The van der Waals surface area contributed by atoms with Crippen LogP contribution in [0.4, 0.5) is 5.69 Å². The minimum absolute atomic E-state index is 0.216. The van der Waals surface area contributed by atoms with E-state index in [1.807, 2.05) is 37.3 Å². The molecule has 0 amide bonds. The lowest BCUT2D eigenvalue weighted by Crippen LogP contribution is -2.36. The third kappa shape index (κ3) is 3.01. The van der Waals surface area contributed by atoms with Gasteiger partial charge in [-0.2, -0.15) is 5.10 Å². The molecule has 0 saturated heterocycles. The number of para-hydroxylation sites is 1. The third-order valence-electron chi connectivity index (χ3n) is 4.90. The van der Waals surface area contributed by atoms with Crippen LogP contribution in [-0.4, -0.2) is 30.5 Å². The van der Waals surface area contributed by atoms with Crippen molar-refractivity contribution < 1.29 is 13.2 Å². The Labute approximate surface area is 164 Å². The maximum absolute atomic E-state index is 13.4. The summed E-state index contributed by atoms with van der Waals surface area (Å²) in [6, 6.07) is 16.1. The summed E-state index contributed by atoms with van der Waals surface area (Å²) in [5, 5.41) is 4.60. The molecule has 0 spiro atoms. The zero-order valence-corrected chi connectivity index (χ0v) is 16.6. The van der Waals surface area contributed by atoms with Crippen molar-refractivity contribution in [1.82, 2.24) is 9.78 Å². The number of fused-ring (bicyclic) bond motifs is 1. The predicted molar refractivity (Wildman–Crippen MR) is 108 cm³/mol. The summed E-state index contributed by atoms with van der Waals surface area (Å²) in [4.78, 5) is 12.8. The first kappa shape index (κ1) is 18.4. The Balaban J connectivity index is 1.91. The molecule has 3 aromatic rings. The van der Waals surface area contributed by atoms with Crippen LogP contribution >= 0.6 is 0 Å². The zero-order chi connectivity index (χ0) is 19.9. The number of nitrogens with zero attached hydrogens (tertiary/aromatic N) is 3. The third-order valence-corrected chi connectivity index (χ3v) is 6.71. The molecule has 7 heteroatoms. The quantitative estimate of drug-likeness (QED) is 0.634. The SMILES string of the molecule is CC(=O)c1c2c(nn1-c1ccccc1)CCCN2S(=O)(=O)c1ccc(C)cc1. The second-order valence-electron chi connectivity index (χ2n) is 6.94. The molecule has 0 saturated carbocycles. The molecule has 1 aromatic heterocycles. The van der Waals surface area contributed by atoms with Gasteiger partial charge >= 0.3 is 0 Å². The van der Waals surface area contributed by atoms with Gasteiger partial charge in [-0.05, 0) is 44.0 Å². The van der Waals surface area contributed by atoms with Crippen molar-refractivity contribution in [2.24, 2.45) is 0 Å². The van der Waals surface area contributed by atoms with Gasteiger partial charge in [0.25, 0.3) is 10.0 Å². The van der Waals surface area contributed by atoms with Crippen LogP contribution in [0.2, 0.25) is 0 Å². The molecule has 2 heterocycles. The number of rotatable bonds is 4. The van der Waals surface area contributed by atoms with Gasteiger partial charge in [0, 0.05) is 13.5 Å². The Hall–Kier alpha value is -2.93. The van der Waals surface area contributed by atoms with E-state index in [-0.39, 0.29) is 10.7 Å². The predicted octanol–water partition coefficient (Wildman–Crippen LogP) is 3.52. The van der Waals surface area contributed by atoms with Crippen LogP contribution < -0.4 is 4.31 Å². The lowest BCUT2D eigenvalue weighted by atomic mass is 10.1. The molecule has 0 aliphatic carbocycles. The number of carbonyl (C=O) groups excluding carboxylic acids is 1. The van der Waals surface area contributed by atoms with Crippen molar-refractivity contribution in [2.45, 2.75) is 31.6 Å². The average Bonchev–Trinajstić information content (AvgIpc) is 3.09. The van der Waals surface area contributed by atoms with E-state index in [2.05, 4.69) is 5.10 Å². The monoisotopic (exact) mass is 395 g/mol. The van der Waals surface area contributed by atoms with Gasteiger partial charge < -0.3 is 0 Å². The molecule has 4 rings (SSSR count). The van der Waals surface area contributed by atoms with Gasteiger partial charge in [0.1, 0.15) is 11.4 Å². The van der Waals surface area contributed by atoms with Crippen LogP contribution in [0.15, 0.2) is 59.5 Å². The topological polar surface area (TPSA) is 72.3 Å². The van der Waals surface area contributed by atoms with Crippen LogP contribution in [0.5, 0.6) is 0 Å². The van der Waals surface area contributed by atoms with E-state index in [1.165, 1.54) is 11.2 Å². The summed E-state index contributed by atoms with van der Waals surface area (Å²) in [6.07, 6.45) is 1.29. The first-order valence-electron chi connectivity index (χ1n) is 9.17. The highest BCUT2D eigenvalue weighted by atomic mass is 32.2. The van der Waals surface area contributed by atoms with Crippen molar-refractivity contribution in [3.8, 4) is 5.69 Å². The highest BCUT2D eigenvalue weighted by Gasteiger charge is 2.36. The molecule has 1 aliphatic rings. The molecular formula is C21H21N3O3S. The van der Waals surface area contributed by atoms with Crippen molar-refractivity contribution >= 4 is 21.5 Å². The van der Waals surface area contributed by atoms with Crippen molar-refractivity contribution in [1.29, 1.82) is 0 Å². The molecular weight excluding hydrogens is 374 g/mol. The Morgan fingerprint density at radius 2 is 1.71 bits per heavy atom. The standard InChI is InChI=1S/C21H21N3O3S/c1-15-10-12-18(13-11-15)28(26,27)23-14-6-9-19-21(23)20(16(2)25)24(22-19)17-7-4-3-5-8-17/h3-5,7-8,10-13H,6,9,14H2,1-2H3. The fourth-order valence-corrected chi connectivity index (χ4v) is 5.07. The summed E-state index contributed by atoms with van der Waals surface area (Å²) in [6.45, 7) is 3.68. The number of hydrogen-bond acceptors (Lipinski definition) is 4. The summed E-state index contributed by atoms with van der Waals surface area (Å²) in [5.74, 6) is -0.219. The fourth-order valence-electron chi connectivity index (χ4n) is 3.54. The molecule has 0 fully saturated rings. The number of sulfonamides is 1. The second kappa shape index (κ2) is 6.91. The molecule has 6 nitrogen and oxygen atoms in total. The number of aromatic nitrogens is 2. The van der Waals surface area contributed by atoms with Gasteiger partial charge in [0.05, 0.1) is 16.3 Å². The number of hydrogen-bond donors (Lipinski definition) is 0. The van der Waals surface area contributed by atoms with Crippen molar-refractivity contribution in [2.75, 3.05) is 10.8 Å². The number of aryl methyl sites for hydroxylation is 2. The highest BCUT2D eigenvalue weighted by molar-refractivity contribution is 7.92. The van der Waals surface area contributed by atoms with Crippen molar-refractivity contribution in [3.63, 3.8) is 0 Å². The zero-order valence-electron chi connectivity index (χ0n) is 15.8. The number of anilines is 1. The summed E-state index contributed by atoms with van der Waals surface area (Å²) < 4.78 is 29.6. The Bertz CT molecular complexity index is 1130. The molecule has 0 bridgehead atoms. The number of Topliss-reactive ketones (excluding diaryl/α,β-unsaturated/α-hetero) is 1. The number of carbonyl (C=O) groups is 1. The highest BCUT2D eigenvalue weighted by Crippen LogP contribution is 2.36. The van der Waals surface area contributed by atoms with E-state index in [9.17, 15) is 13.2 Å². The molecule has 0 radical (unpaired) electrons. The largest absolute Gasteiger partial charge is 0.293 e.